The number of nitrogens with zero attached hydrogens (tertiary/aromatic N) is 3. The number of hydrogen-bond donors (Lipinski definition) is 1. The second-order valence-corrected chi connectivity index (χ2v) is 12.1. The van der Waals surface area contributed by atoms with Crippen molar-refractivity contribution in [2.75, 3.05) is 18.0 Å². The van der Waals surface area contributed by atoms with Gasteiger partial charge in [0.25, 0.3) is 0 Å². The molecule has 3 aliphatic rings. The minimum absolute atomic E-state index is 0.00997. The zero-order valence-electron chi connectivity index (χ0n) is 22.8. The number of aromatic nitrogens is 2. The van der Waals surface area contributed by atoms with Crippen LogP contribution in [0.5, 0.6) is 0 Å². The van der Waals surface area contributed by atoms with Crippen molar-refractivity contribution in [3.63, 3.8) is 0 Å². The quantitative estimate of drug-likeness (QED) is 0.250. The fourth-order valence-electron chi connectivity index (χ4n) is 6.51. The molecule has 2 aliphatic carbocycles. The molecule has 0 radical (unpaired) electrons. The van der Waals surface area contributed by atoms with E-state index >= 15 is 0 Å². The van der Waals surface area contributed by atoms with Gasteiger partial charge >= 0.3 is 12.1 Å². The number of carboxylic acid groups (broad SMARTS) is 1. The van der Waals surface area contributed by atoms with Crippen LogP contribution in [0.2, 0.25) is 5.02 Å². The molecule has 2 aromatic heterocycles. The number of benzene rings is 2. The number of hydrogen-bond acceptors (Lipinski definition) is 5. The highest BCUT2D eigenvalue weighted by atomic mass is 35.5. The summed E-state index contributed by atoms with van der Waals surface area (Å²) in [6.07, 6.45) is 2.43. The Morgan fingerprint density at radius 2 is 1.86 bits per heavy atom. The van der Waals surface area contributed by atoms with Crippen LogP contribution in [0.3, 0.4) is 0 Å². The number of aromatic carboxylic acids is 1. The van der Waals surface area contributed by atoms with E-state index in [0.29, 0.717) is 35.8 Å². The molecule has 1 spiro atoms. The van der Waals surface area contributed by atoms with Crippen molar-refractivity contribution in [2.45, 2.75) is 51.1 Å². The number of allylic oxidation sites excluding steroid dienone is 2. The molecular weight excluding hydrogens is 567 g/mol. The summed E-state index contributed by atoms with van der Waals surface area (Å²) in [5.41, 5.74) is 4.13. The molecule has 1 aliphatic heterocycles. The van der Waals surface area contributed by atoms with E-state index in [0.717, 1.165) is 60.2 Å². The van der Waals surface area contributed by atoms with Gasteiger partial charge in [-0.15, -0.1) is 0 Å². The third-order valence-corrected chi connectivity index (χ3v) is 9.23. The lowest BCUT2D eigenvalue weighted by molar-refractivity contribution is -0.136. The molecule has 6 nitrogen and oxygen atoms in total. The second kappa shape index (κ2) is 9.59. The number of halogens is 4. The van der Waals surface area contributed by atoms with Crippen molar-refractivity contribution in [3.8, 4) is 11.3 Å². The highest BCUT2D eigenvalue weighted by molar-refractivity contribution is 6.33. The summed E-state index contributed by atoms with van der Waals surface area (Å²) in [5, 5.41) is 14.3. The zero-order valence-corrected chi connectivity index (χ0v) is 23.5. The van der Waals surface area contributed by atoms with E-state index in [4.69, 9.17) is 16.1 Å². The number of fused-ring (bicyclic) bond motifs is 1. The SMILES string of the molecule is Cc1cccc(Cl)c1-c1noc(C2CC2)c1C1=CC2(CCN(c3ccc4nc(C(=O)O)cc(C(F)(F)F)c4c3)CC2)C1. The van der Waals surface area contributed by atoms with E-state index in [9.17, 15) is 23.1 Å². The summed E-state index contributed by atoms with van der Waals surface area (Å²) < 4.78 is 47.4. The van der Waals surface area contributed by atoms with Crippen LogP contribution >= 0.6 is 11.6 Å². The van der Waals surface area contributed by atoms with Gasteiger partial charge in [0.05, 0.1) is 16.1 Å². The Morgan fingerprint density at radius 1 is 1.12 bits per heavy atom. The van der Waals surface area contributed by atoms with Crippen molar-refractivity contribution >= 4 is 39.7 Å². The van der Waals surface area contributed by atoms with E-state index in [1.807, 2.05) is 25.1 Å². The average Bonchev–Trinajstić information content (AvgIpc) is 3.69. The molecule has 1 N–H and O–H groups in total. The number of aryl methyl sites for hydroxylation is 1. The molecule has 4 aromatic rings. The number of carbonyl (C=O) groups is 1. The van der Waals surface area contributed by atoms with Crippen LogP contribution in [0.15, 0.2) is 53.1 Å². The Morgan fingerprint density at radius 3 is 2.50 bits per heavy atom. The summed E-state index contributed by atoms with van der Waals surface area (Å²) >= 11 is 6.62. The first-order valence-electron chi connectivity index (χ1n) is 14.0. The van der Waals surface area contributed by atoms with Gasteiger partial charge in [-0.2, -0.15) is 13.2 Å². The van der Waals surface area contributed by atoms with E-state index < -0.39 is 23.4 Å². The Labute approximate surface area is 244 Å². The lowest BCUT2D eigenvalue weighted by Crippen LogP contribution is -2.42. The van der Waals surface area contributed by atoms with Gasteiger partial charge in [0.1, 0.15) is 17.1 Å². The van der Waals surface area contributed by atoms with Crippen LogP contribution in [-0.2, 0) is 6.18 Å². The topological polar surface area (TPSA) is 79.5 Å². The van der Waals surface area contributed by atoms with Crippen molar-refractivity contribution in [1.82, 2.24) is 10.1 Å². The van der Waals surface area contributed by atoms with E-state index in [-0.39, 0.29) is 16.3 Å². The van der Waals surface area contributed by atoms with Gasteiger partial charge in [-0.3, -0.25) is 0 Å². The summed E-state index contributed by atoms with van der Waals surface area (Å²) in [4.78, 5) is 17.4. The molecule has 1 saturated heterocycles. The van der Waals surface area contributed by atoms with Gasteiger partial charge in [-0.25, -0.2) is 9.78 Å². The molecule has 0 unspecified atom stereocenters. The highest BCUT2D eigenvalue weighted by Gasteiger charge is 2.44. The lowest BCUT2D eigenvalue weighted by atomic mass is 9.63. The van der Waals surface area contributed by atoms with Crippen LogP contribution < -0.4 is 4.90 Å². The average molecular weight is 594 g/mol. The molecular formula is C32H27ClF3N3O3. The van der Waals surface area contributed by atoms with Crippen LogP contribution in [0.25, 0.3) is 27.7 Å². The molecule has 2 aromatic carbocycles. The fraction of sp³-hybridized carbons (Fsp3) is 0.344. The van der Waals surface area contributed by atoms with E-state index in [2.05, 4.69) is 21.1 Å². The van der Waals surface area contributed by atoms with E-state index in [1.165, 1.54) is 17.7 Å². The predicted molar refractivity (Wildman–Crippen MR) is 154 cm³/mol. The van der Waals surface area contributed by atoms with Gasteiger partial charge < -0.3 is 14.5 Å². The summed E-state index contributed by atoms with van der Waals surface area (Å²) in [6, 6.07) is 11.1. The normalized spacial score (nSPS) is 18.3. The largest absolute Gasteiger partial charge is 0.477 e. The summed E-state index contributed by atoms with van der Waals surface area (Å²) in [6.45, 7) is 3.40. The number of anilines is 1. The van der Waals surface area contributed by atoms with Crippen molar-refractivity contribution < 1.29 is 27.6 Å². The highest BCUT2D eigenvalue weighted by Crippen LogP contribution is 2.56. The fourth-order valence-corrected chi connectivity index (χ4v) is 6.82. The summed E-state index contributed by atoms with van der Waals surface area (Å²) in [7, 11) is 0. The maximum absolute atomic E-state index is 13.8. The molecule has 0 bridgehead atoms. The number of piperidine rings is 1. The number of rotatable bonds is 5. The molecule has 2 fully saturated rings. The first kappa shape index (κ1) is 27.0. The van der Waals surface area contributed by atoms with Crippen LogP contribution in [-0.4, -0.2) is 34.3 Å². The van der Waals surface area contributed by atoms with Crippen molar-refractivity contribution in [1.29, 1.82) is 0 Å². The van der Waals surface area contributed by atoms with Crippen LogP contribution in [0.1, 0.15) is 71.0 Å². The smallest absolute Gasteiger partial charge is 0.417 e. The molecule has 3 heterocycles. The van der Waals surface area contributed by atoms with Crippen molar-refractivity contribution in [2.24, 2.45) is 5.41 Å². The maximum Gasteiger partial charge on any atom is 0.417 e. The lowest BCUT2D eigenvalue weighted by Gasteiger charge is -2.47. The first-order valence-corrected chi connectivity index (χ1v) is 14.4. The third kappa shape index (κ3) is 4.54. The third-order valence-electron chi connectivity index (χ3n) is 8.91. The standard InChI is InChI=1S/C32H27ClF3N3O3/c1-17-3-2-4-23(33)26(17)28-27(29(42-38-28)18-5-6-18)19-15-31(16-19)9-11-39(12-10-31)20-7-8-24-21(13-20)22(32(34,35)36)14-25(37-24)30(40)41/h2-4,7-8,13-15,18H,5-6,9-12,16H2,1H3,(H,40,41). The summed E-state index contributed by atoms with van der Waals surface area (Å²) in [5.74, 6) is -0.164. The van der Waals surface area contributed by atoms with Gasteiger partial charge in [0.2, 0.25) is 0 Å². The first-order chi connectivity index (χ1) is 20.0. The Hall–Kier alpha value is -3.85. The monoisotopic (exact) mass is 593 g/mol. The van der Waals surface area contributed by atoms with E-state index in [1.54, 1.807) is 6.07 Å². The van der Waals surface area contributed by atoms with Gasteiger partial charge in [0.15, 0.2) is 0 Å². The van der Waals surface area contributed by atoms with Gasteiger partial charge in [-0.1, -0.05) is 35.0 Å². The maximum atomic E-state index is 13.8. The Bertz CT molecular complexity index is 1760. The number of alkyl halides is 3. The minimum atomic E-state index is -4.70. The Balaban J connectivity index is 1.15. The molecule has 1 saturated carbocycles. The molecule has 216 valence electrons. The van der Waals surface area contributed by atoms with Gasteiger partial charge in [-0.05, 0) is 85.9 Å². The number of pyridine rings is 1. The minimum Gasteiger partial charge on any atom is -0.477 e. The zero-order chi connectivity index (χ0) is 29.4. The number of carboxylic acids is 1. The Kier molecular flexibility index (Phi) is 6.17. The second-order valence-electron chi connectivity index (χ2n) is 11.7. The predicted octanol–water partition coefficient (Wildman–Crippen LogP) is 8.52. The molecule has 42 heavy (non-hydrogen) atoms. The molecule has 0 atom stereocenters. The van der Waals surface area contributed by atoms with Crippen LogP contribution in [0.4, 0.5) is 18.9 Å². The molecule has 7 rings (SSSR count). The van der Waals surface area contributed by atoms with Crippen LogP contribution in [0, 0.1) is 12.3 Å². The molecule has 0 amide bonds. The van der Waals surface area contributed by atoms with Gasteiger partial charge in [0, 0.05) is 41.2 Å². The van der Waals surface area contributed by atoms with Crippen molar-refractivity contribution in [3.05, 3.63) is 81.7 Å². The molecule has 10 heteroatoms.